The fraction of sp³-hybridized carbons (Fsp3) is 0.909. The van der Waals surface area contributed by atoms with E-state index in [4.69, 9.17) is 0 Å². The number of nitrogens with one attached hydrogen (secondary N) is 1. The van der Waals surface area contributed by atoms with Crippen molar-refractivity contribution in [3.8, 4) is 0 Å². The zero-order valence-corrected chi connectivity index (χ0v) is 10.3. The normalized spacial score (nSPS) is 19.3. The smallest absolute Gasteiger partial charge is 0.317 e. The third-order valence-corrected chi connectivity index (χ3v) is 2.99. The van der Waals surface area contributed by atoms with Crippen LogP contribution in [-0.2, 0) is 0 Å². The van der Waals surface area contributed by atoms with Crippen molar-refractivity contribution in [3.05, 3.63) is 0 Å². The van der Waals surface area contributed by atoms with Crippen molar-refractivity contribution in [1.82, 2.24) is 15.1 Å². The van der Waals surface area contributed by atoms with Gasteiger partial charge in [-0.2, -0.15) is 0 Å². The number of rotatable bonds is 2. The molecule has 1 N–H and O–H groups in total. The minimum Gasteiger partial charge on any atom is -0.335 e. The molecule has 1 aliphatic rings. The SMILES string of the molecule is CC(C)N1CCC(NC(=O)N(C)C)CC1. The maximum Gasteiger partial charge on any atom is 0.317 e. The molecule has 0 bridgehead atoms. The van der Waals surface area contributed by atoms with Crippen molar-refractivity contribution in [2.45, 2.75) is 38.8 Å². The van der Waals surface area contributed by atoms with Gasteiger partial charge in [-0.05, 0) is 26.7 Å². The van der Waals surface area contributed by atoms with Gasteiger partial charge in [-0.25, -0.2) is 4.79 Å². The van der Waals surface area contributed by atoms with E-state index < -0.39 is 0 Å². The fourth-order valence-electron chi connectivity index (χ4n) is 1.86. The van der Waals surface area contributed by atoms with Crippen molar-refractivity contribution in [2.75, 3.05) is 27.2 Å². The molecule has 1 saturated heterocycles. The molecule has 0 saturated carbocycles. The van der Waals surface area contributed by atoms with Gasteiger partial charge < -0.3 is 15.1 Å². The molecule has 0 aromatic heterocycles. The summed E-state index contributed by atoms with van der Waals surface area (Å²) in [6.45, 7) is 6.63. The second-order valence-corrected chi connectivity index (χ2v) is 4.75. The van der Waals surface area contributed by atoms with E-state index >= 15 is 0 Å². The molecule has 88 valence electrons. The molecule has 4 heteroatoms. The molecule has 15 heavy (non-hydrogen) atoms. The Labute approximate surface area is 92.6 Å². The van der Waals surface area contributed by atoms with Crippen molar-refractivity contribution in [3.63, 3.8) is 0 Å². The first-order valence-corrected chi connectivity index (χ1v) is 5.72. The summed E-state index contributed by atoms with van der Waals surface area (Å²) in [5, 5.41) is 3.04. The largest absolute Gasteiger partial charge is 0.335 e. The number of carbonyl (C=O) groups excluding carboxylic acids is 1. The second kappa shape index (κ2) is 5.35. The van der Waals surface area contributed by atoms with Crippen LogP contribution in [0.3, 0.4) is 0 Å². The highest BCUT2D eigenvalue weighted by molar-refractivity contribution is 5.73. The van der Waals surface area contributed by atoms with Gasteiger partial charge in [0.25, 0.3) is 0 Å². The molecule has 1 heterocycles. The van der Waals surface area contributed by atoms with Crippen LogP contribution >= 0.6 is 0 Å². The topological polar surface area (TPSA) is 35.6 Å². The number of carbonyl (C=O) groups is 1. The first-order valence-electron chi connectivity index (χ1n) is 5.72. The van der Waals surface area contributed by atoms with E-state index in [1.54, 1.807) is 19.0 Å². The molecule has 0 unspecified atom stereocenters. The van der Waals surface area contributed by atoms with Gasteiger partial charge in [-0.15, -0.1) is 0 Å². The minimum absolute atomic E-state index is 0.0259. The quantitative estimate of drug-likeness (QED) is 0.746. The molecule has 0 atom stereocenters. The lowest BCUT2D eigenvalue weighted by molar-refractivity contribution is 0.157. The number of amides is 2. The maximum absolute atomic E-state index is 11.4. The molecule has 2 amide bonds. The van der Waals surface area contributed by atoms with Crippen molar-refractivity contribution >= 4 is 6.03 Å². The molecular formula is C11H23N3O. The van der Waals surface area contributed by atoms with Crippen molar-refractivity contribution < 1.29 is 4.79 Å². The van der Waals surface area contributed by atoms with Gasteiger partial charge in [0.15, 0.2) is 0 Å². The molecule has 4 nitrogen and oxygen atoms in total. The molecule has 0 radical (unpaired) electrons. The van der Waals surface area contributed by atoms with Crippen LogP contribution in [0.4, 0.5) is 4.79 Å². The van der Waals surface area contributed by atoms with Gasteiger partial charge in [-0.1, -0.05) is 0 Å². The van der Waals surface area contributed by atoms with Crippen LogP contribution in [0.1, 0.15) is 26.7 Å². The average Bonchev–Trinajstić information content (AvgIpc) is 2.18. The second-order valence-electron chi connectivity index (χ2n) is 4.75. The maximum atomic E-state index is 11.4. The zero-order valence-electron chi connectivity index (χ0n) is 10.3. The molecule has 1 fully saturated rings. The Morgan fingerprint density at radius 2 is 1.87 bits per heavy atom. The number of piperidine rings is 1. The first-order chi connectivity index (χ1) is 7.00. The molecule has 0 aromatic carbocycles. The number of hydrogen-bond donors (Lipinski definition) is 1. The Bertz CT molecular complexity index is 208. The van der Waals surface area contributed by atoms with Crippen LogP contribution in [0.25, 0.3) is 0 Å². The van der Waals surface area contributed by atoms with Crippen LogP contribution < -0.4 is 5.32 Å². The summed E-state index contributed by atoms with van der Waals surface area (Å²) in [5.74, 6) is 0. The van der Waals surface area contributed by atoms with Crippen molar-refractivity contribution in [2.24, 2.45) is 0 Å². The van der Waals surface area contributed by atoms with E-state index in [0.717, 1.165) is 25.9 Å². The van der Waals surface area contributed by atoms with E-state index in [1.165, 1.54) is 0 Å². The zero-order chi connectivity index (χ0) is 11.4. The molecule has 0 aromatic rings. The summed E-state index contributed by atoms with van der Waals surface area (Å²) >= 11 is 0. The van der Waals surface area contributed by atoms with Crippen molar-refractivity contribution in [1.29, 1.82) is 0 Å². The lowest BCUT2D eigenvalue weighted by Gasteiger charge is -2.35. The molecule has 1 aliphatic heterocycles. The van der Waals surface area contributed by atoms with Gasteiger partial charge in [0.1, 0.15) is 0 Å². The van der Waals surface area contributed by atoms with Crippen LogP contribution in [0.2, 0.25) is 0 Å². The summed E-state index contributed by atoms with van der Waals surface area (Å²) < 4.78 is 0. The van der Waals surface area contributed by atoms with Gasteiger partial charge in [0, 0.05) is 39.3 Å². The summed E-state index contributed by atoms with van der Waals surface area (Å²) in [6.07, 6.45) is 2.13. The molecule has 0 spiro atoms. The fourth-order valence-corrected chi connectivity index (χ4v) is 1.86. The summed E-state index contributed by atoms with van der Waals surface area (Å²) in [7, 11) is 3.55. The molecule has 0 aliphatic carbocycles. The summed E-state index contributed by atoms with van der Waals surface area (Å²) in [4.78, 5) is 15.5. The minimum atomic E-state index is 0.0259. The van der Waals surface area contributed by atoms with Gasteiger partial charge in [0.05, 0.1) is 0 Å². The monoisotopic (exact) mass is 213 g/mol. The lowest BCUT2D eigenvalue weighted by Crippen LogP contribution is -2.48. The van der Waals surface area contributed by atoms with E-state index in [9.17, 15) is 4.79 Å². The van der Waals surface area contributed by atoms with Crippen LogP contribution in [0.15, 0.2) is 0 Å². The standard InChI is InChI=1S/C11H23N3O/c1-9(2)14-7-5-10(6-8-14)12-11(15)13(3)4/h9-10H,5-8H2,1-4H3,(H,12,15). The van der Waals surface area contributed by atoms with Gasteiger partial charge in [-0.3, -0.25) is 0 Å². The van der Waals surface area contributed by atoms with Crippen LogP contribution in [-0.4, -0.2) is 55.1 Å². The molecular weight excluding hydrogens is 190 g/mol. The highest BCUT2D eigenvalue weighted by atomic mass is 16.2. The highest BCUT2D eigenvalue weighted by Crippen LogP contribution is 2.12. The van der Waals surface area contributed by atoms with Gasteiger partial charge in [0.2, 0.25) is 0 Å². The Hall–Kier alpha value is -0.770. The number of urea groups is 1. The Balaban J connectivity index is 2.29. The predicted molar refractivity (Wildman–Crippen MR) is 61.9 cm³/mol. The van der Waals surface area contributed by atoms with Crippen LogP contribution in [0, 0.1) is 0 Å². The highest BCUT2D eigenvalue weighted by Gasteiger charge is 2.22. The van der Waals surface area contributed by atoms with Crippen LogP contribution in [0.5, 0.6) is 0 Å². The van der Waals surface area contributed by atoms with Gasteiger partial charge >= 0.3 is 6.03 Å². The van der Waals surface area contributed by atoms with E-state index in [2.05, 4.69) is 24.1 Å². The number of nitrogens with zero attached hydrogens (tertiary/aromatic N) is 2. The average molecular weight is 213 g/mol. The third kappa shape index (κ3) is 3.70. The summed E-state index contributed by atoms with van der Waals surface area (Å²) in [6, 6.07) is 1.00. The predicted octanol–water partition coefficient (Wildman–Crippen LogP) is 1.13. The van der Waals surface area contributed by atoms with E-state index in [0.29, 0.717) is 12.1 Å². The molecule has 1 rings (SSSR count). The number of likely N-dealkylation sites (tertiary alicyclic amines) is 1. The lowest BCUT2D eigenvalue weighted by atomic mass is 10.0. The summed E-state index contributed by atoms with van der Waals surface area (Å²) in [5.41, 5.74) is 0. The Morgan fingerprint density at radius 1 is 1.33 bits per heavy atom. The first kappa shape index (κ1) is 12.3. The van der Waals surface area contributed by atoms with E-state index in [1.807, 2.05) is 0 Å². The third-order valence-electron chi connectivity index (χ3n) is 2.99. The van der Waals surface area contributed by atoms with E-state index in [-0.39, 0.29) is 6.03 Å². The number of hydrogen-bond acceptors (Lipinski definition) is 2. The Kier molecular flexibility index (Phi) is 4.39. The Morgan fingerprint density at radius 3 is 2.27 bits per heavy atom.